The molecule has 0 aromatic heterocycles. The van der Waals surface area contributed by atoms with Crippen LogP contribution in [0.15, 0.2) is 18.2 Å². The lowest BCUT2D eigenvalue weighted by Gasteiger charge is -2.32. The van der Waals surface area contributed by atoms with E-state index in [9.17, 15) is 4.79 Å². The lowest BCUT2D eigenvalue weighted by Crippen LogP contribution is -2.40. The number of nitrogens with zero attached hydrogens (tertiary/aromatic N) is 1. The summed E-state index contributed by atoms with van der Waals surface area (Å²) in [5.74, 6) is 0.253. The number of carbonyl (C=O) groups excluding carboxylic acids is 1. The van der Waals surface area contributed by atoms with Crippen molar-refractivity contribution in [3.8, 4) is 0 Å². The van der Waals surface area contributed by atoms with E-state index in [1.54, 1.807) is 6.07 Å². The van der Waals surface area contributed by atoms with Gasteiger partial charge < -0.3 is 15.0 Å². The summed E-state index contributed by atoms with van der Waals surface area (Å²) in [6.45, 7) is 2.97. The zero-order valence-corrected chi connectivity index (χ0v) is 15.0. The minimum absolute atomic E-state index is 0.200. The number of rotatable bonds is 7. The highest BCUT2D eigenvalue weighted by molar-refractivity contribution is 6.42. The van der Waals surface area contributed by atoms with E-state index >= 15 is 0 Å². The van der Waals surface area contributed by atoms with Crippen molar-refractivity contribution in [2.75, 3.05) is 26.7 Å². The molecule has 1 amide bonds. The number of likely N-dealkylation sites (tertiary alicyclic amines) is 1. The Morgan fingerprint density at radius 1 is 1.30 bits per heavy atom. The molecule has 0 spiro atoms. The Labute approximate surface area is 148 Å². The van der Waals surface area contributed by atoms with Gasteiger partial charge in [0.15, 0.2) is 0 Å². The fourth-order valence-electron chi connectivity index (χ4n) is 2.69. The number of amides is 1. The highest BCUT2D eigenvalue weighted by Gasteiger charge is 2.22. The second-order valence-corrected chi connectivity index (χ2v) is 6.66. The number of nitrogens with one attached hydrogen (secondary N) is 1. The Morgan fingerprint density at radius 3 is 2.70 bits per heavy atom. The molecule has 1 saturated heterocycles. The van der Waals surface area contributed by atoms with E-state index in [4.69, 9.17) is 27.9 Å². The maximum Gasteiger partial charge on any atom is 0.222 e. The van der Waals surface area contributed by atoms with Crippen LogP contribution in [0.4, 0.5) is 0 Å². The van der Waals surface area contributed by atoms with Gasteiger partial charge in [0, 0.05) is 19.5 Å². The lowest BCUT2D eigenvalue weighted by atomic mass is 10.1. The van der Waals surface area contributed by atoms with Crippen molar-refractivity contribution in [2.24, 2.45) is 0 Å². The summed E-state index contributed by atoms with van der Waals surface area (Å²) in [4.78, 5) is 14.0. The molecule has 2 rings (SSSR count). The van der Waals surface area contributed by atoms with Gasteiger partial charge in [0.1, 0.15) is 0 Å². The Morgan fingerprint density at radius 2 is 2.04 bits per heavy atom. The van der Waals surface area contributed by atoms with E-state index in [0.717, 1.165) is 44.5 Å². The van der Waals surface area contributed by atoms with E-state index in [1.807, 2.05) is 24.1 Å². The number of piperidine rings is 1. The minimum Gasteiger partial charge on any atom is -0.373 e. The van der Waals surface area contributed by atoms with E-state index in [-0.39, 0.29) is 12.0 Å². The third-order valence-corrected chi connectivity index (χ3v) is 4.82. The predicted molar refractivity (Wildman–Crippen MR) is 94.0 cm³/mol. The van der Waals surface area contributed by atoms with Gasteiger partial charge in [-0.2, -0.15) is 0 Å². The number of hydrogen-bond acceptors (Lipinski definition) is 3. The predicted octanol–water partition coefficient (Wildman–Crippen LogP) is 3.50. The van der Waals surface area contributed by atoms with Gasteiger partial charge in [0.2, 0.25) is 5.91 Å². The average molecular weight is 359 g/mol. The van der Waals surface area contributed by atoms with Crippen LogP contribution < -0.4 is 5.32 Å². The summed E-state index contributed by atoms with van der Waals surface area (Å²) in [5.41, 5.74) is 1.02. The van der Waals surface area contributed by atoms with Gasteiger partial charge in [0.25, 0.3) is 0 Å². The van der Waals surface area contributed by atoms with Crippen LogP contribution >= 0.6 is 23.2 Å². The van der Waals surface area contributed by atoms with Crippen LogP contribution in [0.2, 0.25) is 10.0 Å². The molecule has 1 aliphatic rings. The van der Waals surface area contributed by atoms with Crippen LogP contribution in [0.25, 0.3) is 0 Å². The van der Waals surface area contributed by atoms with Crippen molar-refractivity contribution in [2.45, 2.75) is 38.4 Å². The SMILES string of the molecule is CNCCCC(=O)N1CCC(OCc2ccc(Cl)c(Cl)c2)CC1. The molecule has 6 heteroatoms. The molecule has 0 radical (unpaired) electrons. The number of halogens is 2. The molecule has 0 saturated carbocycles. The Bertz CT molecular complexity index is 517. The summed E-state index contributed by atoms with van der Waals surface area (Å²) < 4.78 is 5.94. The van der Waals surface area contributed by atoms with Gasteiger partial charge in [-0.3, -0.25) is 4.79 Å². The summed E-state index contributed by atoms with van der Waals surface area (Å²) in [5, 5.41) is 4.17. The number of benzene rings is 1. The average Bonchev–Trinajstić information content (AvgIpc) is 2.56. The number of hydrogen-bond donors (Lipinski definition) is 1. The molecule has 0 aliphatic carbocycles. The van der Waals surface area contributed by atoms with Crippen molar-refractivity contribution < 1.29 is 9.53 Å². The molecule has 1 heterocycles. The molecule has 0 bridgehead atoms. The Hall–Kier alpha value is -0.810. The lowest BCUT2D eigenvalue weighted by molar-refractivity contribution is -0.134. The molecule has 0 unspecified atom stereocenters. The molecular weight excluding hydrogens is 335 g/mol. The topological polar surface area (TPSA) is 41.6 Å². The highest BCUT2D eigenvalue weighted by Crippen LogP contribution is 2.24. The Kier molecular flexibility index (Phi) is 7.63. The van der Waals surface area contributed by atoms with E-state index in [1.165, 1.54) is 0 Å². The summed E-state index contributed by atoms with van der Waals surface area (Å²) in [6, 6.07) is 5.55. The largest absolute Gasteiger partial charge is 0.373 e. The fraction of sp³-hybridized carbons (Fsp3) is 0.588. The van der Waals surface area contributed by atoms with Crippen molar-refractivity contribution >= 4 is 29.1 Å². The van der Waals surface area contributed by atoms with Crippen LogP contribution in [-0.4, -0.2) is 43.6 Å². The molecular formula is C17H24Cl2N2O2. The van der Waals surface area contributed by atoms with Crippen LogP contribution in [0, 0.1) is 0 Å². The highest BCUT2D eigenvalue weighted by atomic mass is 35.5. The fourth-order valence-corrected chi connectivity index (χ4v) is 3.01. The van der Waals surface area contributed by atoms with Gasteiger partial charge in [-0.25, -0.2) is 0 Å². The van der Waals surface area contributed by atoms with Crippen molar-refractivity contribution in [3.63, 3.8) is 0 Å². The summed E-state index contributed by atoms with van der Waals surface area (Å²) in [6.07, 6.45) is 3.49. The molecule has 1 fully saturated rings. The molecule has 0 atom stereocenters. The van der Waals surface area contributed by atoms with Crippen LogP contribution in [-0.2, 0) is 16.1 Å². The van der Waals surface area contributed by atoms with Crippen molar-refractivity contribution in [1.82, 2.24) is 10.2 Å². The van der Waals surface area contributed by atoms with Gasteiger partial charge >= 0.3 is 0 Å². The molecule has 1 aromatic rings. The smallest absolute Gasteiger partial charge is 0.222 e. The molecule has 1 N–H and O–H groups in total. The normalized spacial score (nSPS) is 15.9. The summed E-state index contributed by atoms with van der Waals surface area (Å²) in [7, 11) is 1.90. The van der Waals surface area contributed by atoms with Gasteiger partial charge in [-0.15, -0.1) is 0 Å². The van der Waals surface area contributed by atoms with Gasteiger partial charge in [-0.1, -0.05) is 29.3 Å². The first-order valence-electron chi connectivity index (χ1n) is 8.08. The molecule has 4 nitrogen and oxygen atoms in total. The van der Waals surface area contributed by atoms with Crippen molar-refractivity contribution in [3.05, 3.63) is 33.8 Å². The second-order valence-electron chi connectivity index (χ2n) is 5.85. The van der Waals surface area contributed by atoms with Gasteiger partial charge in [-0.05, 0) is 50.6 Å². The first-order chi connectivity index (χ1) is 11.1. The van der Waals surface area contributed by atoms with Crippen LogP contribution in [0.5, 0.6) is 0 Å². The standard InChI is InChI=1S/C17H24Cl2N2O2/c1-20-8-2-3-17(22)21-9-6-14(7-10-21)23-12-13-4-5-15(18)16(19)11-13/h4-5,11,14,20H,2-3,6-10,12H2,1H3. The van der Waals surface area contributed by atoms with E-state index in [0.29, 0.717) is 23.1 Å². The second kappa shape index (κ2) is 9.48. The molecule has 23 heavy (non-hydrogen) atoms. The minimum atomic E-state index is 0.200. The molecule has 128 valence electrons. The maximum absolute atomic E-state index is 12.1. The number of ether oxygens (including phenoxy) is 1. The van der Waals surface area contributed by atoms with Crippen LogP contribution in [0.3, 0.4) is 0 Å². The summed E-state index contributed by atoms with van der Waals surface area (Å²) >= 11 is 11.9. The monoisotopic (exact) mass is 358 g/mol. The number of carbonyl (C=O) groups is 1. The third kappa shape index (κ3) is 5.96. The van der Waals surface area contributed by atoms with E-state index in [2.05, 4.69) is 5.32 Å². The molecule has 1 aromatic carbocycles. The van der Waals surface area contributed by atoms with E-state index < -0.39 is 0 Å². The maximum atomic E-state index is 12.1. The first kappa shape index (κ1) is 18.5. The Balaban J connectivity index is 1.70. The zero-order valence-electron chi connectivity index (χ0n) is 13.5. The zero-order chi connectivity index (χ0) is 16.7. The third-order valence-electron chi connectivity index (χ3n) is 4.08. The van der Waals surface area contributed by atoms with Gasteiger partial charge in [0.05, 0.1) is 22.8 Å². The quantitative estimate of drug-likeness (QED) is 0.758. The molecule has 1 aliphatic heterocycles. The first-order valence-corrected chi connectivity index (χ1v) is 8.83. The van der Waals surface area contributed by atoms with Crippen molar-refractivity contribution in [1.29, 1.82) is 0 Å². The van der Waals surface area contributed by atoms with Crippen LogP contribution in [0.1, 0.15) is 31.2 Å².